The first-order valence-corrected chi connectivity index (χ1v) is 12.0. The number of amides is 1. The highest BCUT2D eigenvalue weighted by Crippen LogP contribution is 2.26. The highest BCUT2D eigenvalue weighted by Gasteiger charge is 2.31. The average Bonchev–Trinajstić information content (AvgIpc) is 3.44. The molecule has 7 nitrogen and oxygen atoms in total. The molecule has 1 aliphatic heterocycles. The van der Waals surface area contributed by atoms with Crippen molar-refractivity contribution < 1.29 is 17.6 Å². The van der Waals surface area contributed by atoms with E-state index in [2.05, 4.69) is 4.98 Å². The maximum absolute atomic E-state index is 12.7. The number of nitrogens with zero attached hydrogens (tertiary/aromatic N) is 3. The number of rotatable bonds is 5. The van der Waals surface area contributed by atoms with Crippen molar-refractivity contribution in [3.05, 3.63) is 46.5 Å². The molecule has 3 aromatic heterocycles. The van der Waals surface area contributed by atoms with Crippen molar-refractivity contribution in [1.82, 2.24) is 14.2 Å². The Bertz CT molecular complexity index is 1050. The summed E-state index contributed by atoms with van der Waals surface area (Å²) >= 11 is 2.74. The van der Waals surface area contributed by atoms with Crippen molar-refractivity contribution in [2.24, 2.45) is 0 Å². The van der Waals surface area contributed by atoms with Crippen molar-refractivity contribution in [2.75, 3.05) is 26.2 Å². The van der Waals surface area contributed by atoms with E-state index in [1.807, 2.05) is 17.5 Å². The largest absolute Gasteiger partial charge is 0.440 e. The number of hydrogen-bond acceptors (Lipinski definition) is 7. The maximum Gasteiger partial charge on any atom is 0.252 e. The van der Waals surface area contributed by atoms with E-state index in [9.17, 15) is 13.2 Å². The summed E-state index contributed by atoms with van der Waals surface area (Å²) in [6.07, 6.45) is 0.151. The molecule has 0 spiro atoms. The standard InChI is InChI=1S/C18H19N3O4S3/c1-13-14(19-18(25-13)15-4-2-10-26-15)12-16(22)20-6-8-21(9-7-20)28(23,24)17-5-3-11-27-17/h2-5,10-11H,6-9,12H2,1H3. The number of hydrogen-bond donors (Lipinski definition) is 0. The summed E-state index contributed by atoms with van der Waals surface area (Å²) in [4.78, 5) is 19.8. The molecule has 1 amide bonds. The van der Waals surface area contributed by atoms with E-state index in [-0.39, 0.29) is 12.3 Å². The molecule has 0 atom stereocenters. The molecular weight excluding hydrogens is 418 g/mol. The van der Waals surface area contributed by atoms with Crippen LogP contribution in [0.5, 0.6) is 0 Å². The van der Waals surface area contributed by atoms with Gasteiger partial charge in [0, 0.05) is 26.2 Å². The third kappa shape index (κ3) is 3.77. The van der Waals surface area contributed by atoms with Crippen LogP contribution in [0.3, 0.4) is 0 Å². The van der Waals surface area contributed by atoms with E-state index in [1.54, 1.807) is 29.3 Å². The number of aryl methyl sites for hydroxylation is 1. The van der Waals surface area contributed by atoms with Crippen LogP contribution >= 0.6 is 22.7 Å². The van der Waals surface area contributed by atoms with Crippen molar-refractivity contribution in [3.63, 3.8) is 0 Å². The lowest BCUT2D eigenvalue weighted by Crippen LogP contribution is -2.50. The molecular formula is C18H19N3O4S3. The van der Waals surface area contributed by atoms with Crippen LogP contribution in [0.1, 0.15) is 11.5 Å². The van der Waals surface area contributed by atoms with Crippen LogP contribution in [0.2, 0.25) is 0 Å². The Labute approximate surface area is 171 Å². The van der Waals surface area contributed by atoms with E-state index in [4.69, 9.17) is 4.42 Å². The quantitative estimate of drug-likeness (QED) is 0.613. The molecule has 148 valence electrons. The molecule has 4 rings (SSSR count). The predicted molar refractivity (Wildman–Crippen MR) is 108 cm³/mol. The number of carbonyl (C=O) groups excluding carboxylic acids is 1. The SMILES string of the molecule is Cc1oc(-c2cccs2)nc1CC(=O)N1CCN(S(=O)(=O)c2cccs2)CC1. The summed E-state index contributed by atoms with van der Waals surface area (Å²) in [5.74, 6) is 1.10. The van der Waals surface area contributed by atoms with E-state index in [1.165, 1.54) is 27.0 Å². The Morgan fingerprint density at radius 3 is 2.50 bits per heavy atom. The second-order valence-electron chi connectivity index (χ2n) is 6.39. The number of piperazine rings is 1. The van der Waals surface area contributed by atoms with Gasteiger partial charge in [-0.05, 0) is 29.8 Å². The molecule has 0 radical (unpaired) electrons. The van der Waals surface area contributed by atoms with Crippen molar-refractivity contribution in [3.8, 4) is 10.8 Å². The zero-order valence-corrected chi connectivity index (χ0v) is 17.6. The fourth-order valence-corrected chi connectivity index (χ4v) is 6.28. The Kier molecular flexibility index (Phi) is 5.37. The third-order valence-corrected chi connectivity index (χ3v) is 8.75. The molecule has 0 aliphatic carbocycles. The van der Waals surface area contributed by atoms with Gasteiger partial charge in [-0.25, -0.2) is 13.4 Å². The molecule has 0 bridgehead atoms. The first-order chi connectivity index (χ1) is 13.4. The lowest BCUT2D eigenvalue weighted by atomic mass is 10.2. The van der Waals surface area contributed by atoms with Crippen LogP contribution in [0, 0.1) is 6.92 Å². The monoisotopic (exact) mass is 437 g/mol. The normalized spacial score (nSPS) is 15.8. The van der Waals surface area contributed by atoms with Gasteiger partial charge in [0.15, 0.2) is 0 Å². The van der Waals surface area contributed by atoms with E-state index in [0.29, 0.717) is 47.7 Å². The van der Waals surface area contributed by atoms with Gasteiger partial charge < -0.3 is 9.32 Å². The molecule has 3 aromatic rings. The van der Waals surface area contributed by atoms with E-state index < -0.39 is 10.0 Å². The zero-order chi connectivity index (χ0) is 19.7. The van der Waals surface area contributed by atoms with Gasteiger partial charge in [0.25, 0.3) is 10.0 Å². The summed E-state index contributed by atoms with van der Waals surface area (Å²) in [6.45, 7) is 3.14. The van der Waals surface area contributed by atoms with Crippen LogP contribution in [-0.4, -0.2) is 54.7 Å². The van der Waals surface area contributed by atoms with Crippen LogP contribution in [0.25, 0.3) is 10.8 Å². The van der Waals surface area contributed by atoms with Gasteiger partial charge in [-0.1, -0.05) is 12.1 Å². The zero-order valence-electron chi connectivity index (χ0n) is 15.2. The second kappa shape index (κ2) is 7.78. The number of carbonyl (C=O) groups is 1. The van der Waals surface area contributed by atoms with Crippen molar-refractivity contribution in [2.45, 2.75) is 17.6 Å². The minimum Gasteiger partial charge on any atom is -0.440 e. The molecule has 28 heavy (non-hydrogen) atoms. The fraction of sp³-hybridized carbons (Fsp3) is 0.333. The van der Waals surface area contributed by atoms with Crippen LogP contribution in [0.15, 0.2) is 43.7 Å². The third-order valence-electron chi connectivity index (χ3n) is 4.62. The Morgan fingerprint density at radius 1 is 1.14 bits per heavy atom. The summed E-state index contributed by atoms with van der Waals surface area (Å²) in [6, 6.07) is 7.18. The van der Waals surface area contributed by atoms with Crippen LogP contribution < -0.4 is 0 Å². The molecule has 1 saturated heterocycles. The predicted octanol–water partition coefficient (Wildman–Crippen LogP) is 2.85. The van der Waals surface area contributed by atoms with E-state index in [0.717, 1.165) is 4.88 Å². The number of thiophene rings is 2. The lowest BCUT2D eigenvalue weighted by Gasteiger charge is -2.33. The minimum atomic E-state index is -3.47. The molecule has 0 unspecified atom stereocenters. The molecule has 0 saturated carbocycles. The first-order valence-electron chi connectivity index (χ1n) is 8.77. The number of sulfonamides is 1. The molecule has 4 heterocycles. The van der Waals surface area contributed by atoms with Crippen molar-refractivity contribution >= 4 is 38.6 Å². The summed E-state index contributed by atoms with van der Waals surface area (Å²) in [7, 11) is -3.47. The topological polar surface area (TPSA) is 83.7 Å². The highest BCUT2D eigenvalue weighted by molar-refractivity contribution is 7.91. The van der Waals surface area contributed by atoms with Crippen molar-refractivity contribution in [1.29, 1.82) is 0 Å². The lowest BCUT2D eigenvalue weighted by molar-refractivity contribution is -0.131. The first kappa shape index (κ1) is 19.3. The highest BCUT2D eigenvalue weighted by atomic mass is 32.2. The maximum atomic E-state index is 12.7. The van der Waals surface area contributed by atoms with Gasteiger partial charge in [0.05, 0.1) is 17.0 Å². The summed E-state index contributed by atoms with van der Waals surface area (Å²) < 4.78 is 32.6. The molecule has 10 heteroatoms. The van der Waals surface area contributed by atoms with Crippen LogP contribution in [-0.2, 0) is 21.2 Å². The number of oxazole rings is 1. The Morgan fingerprint density at radius 2 is 1.86 bits per heavy atom. The van der Waals surface area contributed by atoms with E-state index >= 15 is 0 Å². The molecule has 0 aromatic carbocycles. The number of aromatic nitrogens is 1. The Hall–Kier alpha value is -2.01. The summed E-state index contributed by atoms with van der Waals surface area (Å²) in [5, 5.41) is 3.70. The van der Waals surface area contributed by atoms with Gasteiger partial charge in [-0.3, -0.25) is 4.79 Å². The second-order valence-corrected chi connectivity index (χ2v) is 10.5. The van der Waals surface area contributed by atoms with Gasteiger partial charge in [-0.15, -0.1) is 22.7 Å². The van der Waals surface area contributed by atoms with Crippen LogP contribution in [0.4, 0.5) is 0 Å². The van der Waals surface area contributed by atoms with Gasteiger partial charge >= 0.3 is 0 Å². The molecule has 1 aliphatic rings. The molecule has 0 N–H and O–H groups in total. The fourth-order valence-electron chi connectivity index (χ4n) is 3.07. The van der Waals surface area contributed by atoms with Gasteiger partial charge in [0.1, 0.15) is 9.97 Å². The smallest absolute Gasteiger partial charge is 0.252 e. The van der Waals surface area contributed by atoms with Gasteiger partial charge in [0.2, 0.25) is 11.8 Å². The minimum absolute atomic E-state index is 0.0673. The Balaban J connectivity index is 1.38. The average molecular weight is 438 g/mol. The summed E-state index contributed by atoms with van der Waals surface area (Å²) in [5.41, 5.74) is 0.627. The molecule has 1 fully saturated rings. The van der Waals surface area contributed by atoms with Gasteiger partial charge in [-0.2, -0.15) is 4.31 Å².